The van der Waals surface area contributed by atoms with E-state index in [4.69, 9.17) is 22.2 Å². The van der Waals surface area contributed by atoms with Crippen molar-refractivity contribution in [3.8, 4) is 11.6 Å². The molecule has 21 heavy (non-hydrogen) atoms. The number of nitrogen functional groups attached to an aromatic ring is 1. The van der Waals surface area contributed by atoms with Gasteiger partial charge in [-0.25, -0.2) is 10.8 Å². The lowest BCUT2D eigenvalue weighted by Crippen LogP contribution is -2.11. The van der Waals surface area contributed by atoms with Crippen LogP contribution in [0.3, 0.4) is 0 Å². The van der Waals surface area contributed by atoms with Crippen LogP contribution in [0.15, 0.2) is 18.3 Å². The fourth-order valence-corrected chi connectivity index (χ4v) is 2.25. The van der Waals surface area contributed by atoms with E-state index in [9.17, 15) is 4.39 Å². The molecule has 0 aliphatic rings. The minimum absolute atomic E-state index is 0.0714. The number of hydrogen-bond donors (Lipinski definition) is 2. The van der Waals surface area contributed by atoms with Crippen molar-refractivity contribution in [1.29, 1.82) is 0 Å². The number of aryl methyl sites for hydroxylation is 1. The number of hydrazine groups is 1. The van der Waals surface area contributed by atoms with Crippen LogP contribution in [0.1, 0.15) is 30.9 Å². The Morgan fingerprint density at radius 1 is 1.38 bits per heavy atom. The summed E-state index contributed by atoms with van der Waals surface area (Å²) in [7, 11) is 0. The monoisotopic (exact) mass is 310 g/mol. The highest BCUT2D eigenvalue weighted by molar-refractivity contribution is 6.31. The number of rotatable bonds is 4. The van der Waals surface area contributed by atoms with Gasteiger partial charge < -0.3 is 4.74 Å². The number of nitrogens with zero attached hydrogens (tertiary/aromatic N) is 2. The first-order valence-corrected chi connectivity index (χ1v) is 6.77. The van der Waals surface area contributed by atoms with E-state index in [0.717, 1.165) is 17.3 Å². The molecule has 112 valence electrons. The fraction of sp³-hybridized carbons (Fsp3) is 0.286. The number of ether oxygens (including phenoxy) is 1. The molecule has 5 nitrogen and oxygen atoms in total. The summed E-state index contributed by atoms with van der Waals surface area (Å²) in [6.07, 6.45) is 0.992. The van der Waals surface area contributed by atoms with E-state index in [2.05, 4.69) is 15.4 Å². The summed E-state index contributed by atoms with van der Waals surface area (Å²) in [6.45, 7) is 5.86. The van der Waals surface area contributed by atoms with Gasteiger partial charge in [-0.05, 0) is 36.1 Å². The molecule has 0 atom stereocenters. The minimum Gasteiger partial charge on any atom is -0.436 e. The number of hydrogen-bond acceptors (Lipinski definition) is 5. The molecule has 1 aromatic heterocycles. The van der Waals surface area contributed by atoms with Crippen molar-refractivity contribution < 1.29 is 9.13 Å². The van der Waals surface area contributed by atoms with Crippen molar-refractivity contribution in [3.63, 3.8) is 0 Å². The van der Waals surface area contributed by atoms with Crippen molar-refractivity contribution in [1.82, 2.24) is 9.97 Å². The Morgan fingerprint density at radius 3 is 2.71 bits per heavy atom. The first-order valence-electron chi connectivity index (χ1n) is 6.39. The Balaban J connectivity index is 2.42. The van der Waals surface area contributed by atoms with Crippen molar-refractivity contribution >= 4 is 17.5 Å². The third-order valence-corrected chi connectivity index (χ3v) is 3.29. The molecule has 0 aliphatic carbocycles. The zero-order chi connectivity index (χ0) is 15.6. The first-order chi connectivity index (χ1) is 9.92. The molecule has 0 fully saturated rings. The zero-order valence-electron chi connectivity index (χ0n) is 11.9. The first kappa shape index (κ1) is 15.5. The van der Waals surface area contributed by atoms with Crippen LogP contribution in [0.4, 0.5) is 10.3 Å². The summed E-state index contributed by atoms with van der Waals surface area (Å²) in [5.74, 6) is 5.12. The van der Waals surface area contributed by atoms with Crippen molar-refractivity contribution in [2.45, 2.75) is 26.7 Å². The number of aromatic nitrogens is 2. The van der Waals surface area contributed by atoms with Crippen LogP contribution in [0.2, 0.25) is 5.02 Å². The smallest absolute Gasteiger partial charge is 0.260 e. The lowest BCUT2D eigenvalue weighted by atomic mass is 10.0. The second-order valence-electron chi connectivity index (χ2n) is 4.89. The number of anilines is 1. The topological polar surface area (TPSA) is 73.1 Å². The Labute approximate surface area is 127 Å². The average molecular weight is 311 g/mol. The van der Waals surface area contributed by atoms with Gasteiger partial charge in [0.15, 0.2) is 0 Å². The van der Waals surface area contributed by atoms with Gasteiger partial charge in [0, 0.05) is 5.02 Å². The number of nitrogens with two attached hydrogens (primary N) is 1. The highest BCUT2D eigenvalue weighted by Crippen LogP contribution is 2.34. The predicted molar refractivity (Wildman–Crippen MR) is 80.2 cm³/mol. The van der Waals surface area contributed by atoms with Gasteiger partial charge in [0.05, 0.1) is 6.20 Å². The van der Waals surface area contributed by atoms with Gasteiger partial charge in [-0.2, -0.15) is 9.37 Å². The molecule has 0 aliphatic heterocycles. The van der Waals surface area contributed by atoms with E-state index in [0.29, 0.717) is 10.8 Å². The van der Waals surface area contributed by atoms with E-state index in [1.165, 1.54) is 0 Å². The molecular formula is C14H16ClFN4O. The Morgan fingerprint density at radius 2 is 2.10 bits per heavy atom. The van der Waals surface area contributed by atoms with Crippen LogP contribution < -0.4 is 16.0 Å². The normalized spacial score (nSPS) is 10.8. The van der Waals surface area contributed by atoms with Gasteiger partial charge in [-0.1, -0.05) is 25.4 Å². The van der Waals surface area contributed by atoms with Crippen LogP contribution in [-0.4, -0.2) is 9.97 Å². The molecule has 0 amide bonds. The van der Waals surface area contributed by atoms with Gasteiger partial charge in [0.1, 0.15) is 5.75 Å². The maximum absolute atomic E-state index is 13.7. The maximum atomic E-state index is 13.7. The summed E-state index contributed by atoms with van der Waals surface area (Å²) in [5, 5.41) is 0.655. The summed E-state index contributed by atoms with van der Waals surface area (Å²) in [5.41, 5.74) is 3.95. The lowest BCUT2D eigenvalue weighted by molar-refractivity contribution is 0.417. The van der Waals surface area contributed by atoms with Gasteiger partial charge in [0.2, 0.25) is 11.8 Å². The Bertz CT molecular complexity index is 664. The molecule has 0 unspecified atom stereocenters. The Hall–Kier alpha value is -1.92. The second kappa shape index (κ2) is 6.24. The molecule has 2 aromatic rings. The summed E-state index contributed by atoms with van der Waals surface area (Å²) >= 11 is 6.20. The van der Waals surface area contributed by atoms with Crippen LogP contribution in [0, 0.1) is 12.7 Å². The molecule has 0 spiro atoms. The van der Waals surface area contributed by atoms with Crippen molar-refractivity contribution in [2.24, 2.45) is 5.84 Å². The van der Waals surface area contributed by atoms with Gasteiger partial charge in [-0.15, -0.1) is 0 Å². The van der Waals surface area contributed by atoms with Crippen molar-refractivity contribution in [2.75, 3.05) is 5.43 Å². The number of halogens is 2. The Kier molecular flexibility index (Phi) is 4.59. The van der Waals surface area contributed by atoms with E-state index in [1.54, 1.807) is 12.1 Å². The molecule has 3 N–H and O–H groups in total. The lowest BCUT2D eigenvalue weighted by Gasteiger charge is -2.14. The van der Waals surface area contributed by atoms with E-state index >= 15 is 0 Å². The molecule has 2 rings (SSSR count). The SMILES string of the molecule is Cc1cc(Cl)c(C(C)C)cc1Oc1nc(NN)ncc1F. The fourth-order valence-electron chi connectivity index (χ4n) is 1.82. The molecule has 1 aromatic carbocycles. The highest BCUT2D eigenvalue weighted by Gasteiger charge is 2.14. The van der Waals surface area contributed by atoms with E-state index in [1.807, 2.05) is 20.8 Å². The molecule has 0 saturated carbocycles. The van der Waals surface area contributed by atoms with E-state index in [-0.39, 0.29) is 17.7 Å². The highest BCUT2D eigenvalue weighted by atomic mass is 35.5. The van der Waals surface area contributed by atoms with Gasteiger partial charge >= 0.3 is 0 Å². The zero-order valence-corrected chi connectivity index (χ0v) is 12.7. The summed E-state index contributed by atoms with van der Waals surface area (Å²) in [6, 6.07) is 3.58. The number of nitrogens with one attached hydrogen (secondary N) is 1. The summed E-state index contributed by atoms with van der Waals surface area (Å²) in [4.78, 5) is 7.50. The number of benzene rings is 1. The van der Waals surface area contributed by atoms with E-state index < -0.39 is 5.82 Å². The maximum Gasteiger partial charge on any atom is 0.260 e. The van der Waals surface area contributed by atoms with Gasteiger partial charge in [0.25, 0.3) is 5.88 Å². The summed E-state index contributed by atoms with van der Waals surface area (Å²) < 4.78 is 19.3. The molecule has 1 heterocycles. The standard InChI is InChI=1S/C14H16ClFN4O/c1-7(2)9-5-12(8(3)4-10(9)15)21-13-11(16)6-18-14(19-13)20-17/h4-7H,17H2,1-3H3,(H,18,19,20). The quantitative estimate of drug-likeness (QED) is 0.664. The van der Waals surface area contributed by atoms with Crippen LogP contribution in [0.5, 0.6) is 11.6 Å². The second-order valence-corrected chi connectivity index (χ2v) is 5.29. The predicted octanol–water partition coefficient (Wildman–Crippen LogP) is 3.78. The molecule has 0 radical (unpaired) electrons. The largest absolute Gasteiger partial charge is 0.436 e. The molecule has 0 bridgehead atoms. The van der Waals surface area contributed by atoms with Gasteiger partial charge in [-0.3, -0.25) is 5.43 Å². The van der Waals surface area contributed by atoms with Crippen LogP contribution in [-0.2, 0) is 0 Å². The minimum atomic E-state index is -0.672. The third kappa shape index (κ3) is 3.40. The molecule has 0 saturated heterocycles. The van der Waals surface area contributed by atoms with Crippen LogP contribution >= 0.6 is 11.6 Å². The molecule has 7 heteroatoms. The third-order valence-electron chi connectivity index (χ3n) is 2.96. The average Bonchev–Trinajstić information content (AvgIpc) is 2.43. The van der Waals surface area contributed by atoms with Crippen molar-refractivity contribution in [3.05, 3.63) is 40.3 Å². The molecular weight excluding hydrogens is 295 g/mol. The van der Waals surface area contributed by atoms with Crippen LogP contribution in [0.25, 0.3) is 0 Å².